The Morgan fingerprint density at radius 2 is 2.05 bits per heavy atom. The number of hydrogen-bond acceptors (Lipinski definition) is 3. The molecule has 1 aromatic rings. The van der Waals surface area contributed by atoms with Crippen molar-refractivity contribution in [2.75, 3.05) is 11.9 Å². The molecule has 0 saturated carbocycles. The number of aliphatic hydroxyl groups excluding tert-OH is 1. The van der Waals surface area contributed by atoms with Crippen molar-refractivity contribution < 1.29 is 14.3 Å². The minimum atomic E-state index is -0.376. The highest BCUT2D eigenvalue weighted by molar-refractivity contribution is 5.91. The van der Waals surface area contributed by atoms with E-state index >= 15 is 0 Å². The second-order valence-electron chi connectivity index (χ2n) is 5.28. The van der Waals surface area contributed by atoms with Gasteiger partial charge in [-0.05, 0) is 38.0 Å². The Labute approximate surface area is 119 Å². The van der Waals surface area contributed by atoms with E-state index < -0.39 is 0 Å². The Balaban J connectivity index is 2.42. The molecule has 0 saturated heterocycles. The molecule has 5 heteroatoms. The van der Waals surface area contributed by atoms with Crippen molar-refractivity contribution in [2.45, 2.75) is 39.3 Å². The van der Waals surface area contributed by atoms with Crippen LogP contribution in [0, 0.1) is 11.7 Å². The van der Waals surface area contributed by atoms with Gasteiger partial charge in [-0.1, -0.05) is 13.0 Å². The summed E-state index contributed by atoms with van der Waals surface area (Å²) in [5.74, 6) is -0.414. The molecule has 4 nitrogen and oxygen atoms in total. The van der Waals surface area contributed by atoms with Crippen LogP contribution in [0.15, 0.2) is 24.3 Å². The van der Waals surface area contributed by atoms with E-state index in [1.54, 1.807) is 12.1 Å². The summed E-state index contributed by atoms with van der Waals surface area (Å²) in [6.07, 6.45) is 0.291. The SMILES string of the molecule is CC(CC(=O)Nc1cccc(F)c1)NC(C)C(C)CO. The predicted octanol–water partition coefficient (Wildman–Crippen LogP) is 2.15. The van der Waals surface area contributed by atoms with Gasteiger partial charge in [0.05, 0.1) is 0 Å². The molecule has 0 aliphatic heterocycles. The summed E-state index contributed by atoms with van der Waals surface area (Å²) in [4.78, 5) is 11.8. The lowest BCUT2D eigenvalue weighted by Crippen LogP contribution is -2.41. The Hall–Kier alpha value is -1.46. The summed E-state index contributed by atoms with van der Waals surface area (Å²) in [6.45, 7) is 5.93. The fourth-order valence-electron chi connectivity index (χ4n) is 1.89. The van der Waals surface area contributed by atoms with Crippen molar-refractivity contribution in [3.63, 3.8) is 0 Å². The summed E-state index contributed by atoms with van der Waals surface area (Å²) >= 11 is 0. The number of halogens is 1. The van der Waals surface area contributed by atoms with Crippen molar-refractivity contribution in [2.24, 2.45) is 5.92 Å². The standard InChI is InChI=1S/C15H23FN2O2/c1-10(9-19)12(3)17-11(2)7-15(20)18-14-6-4-5-13(16)8-14/h4-6,8,10-12,17,19H,7,9H2,1-3H3,(H,18,20). The van der Waals surface area contributed by atoms with Gasteiger partial charge in [-0.2, -0.15) is 0 Å². The number of nitrogens with one attached hydrogen (secondary N) is 2. The van der Waals surface area contributed by atoms with Gasteiger partial charge >= 0.3 is 0 Å². The van der Waals surface area contributed by atoms with Gasteiger partial charge in [0, 0.05) is 30.8 Å². The molecule has 0 fully saturated rings. The maximum atomic E-state index is 13.0. The molecule has 1 aromatic carbocycles. The predicted molar refractivity (Wildman–Crippen MR) is 78.0 cm³/mol. The zero-order valence-corrected chi connectivity index (χ0v) is 12.2. The van der Waals surface area contributed by atoms with Crippen LogP contribution in [0.5, 0.6) is 0 Å². The number of carbonyl (C=O) groups is 1. The van der Waals surface area contributed by atoms with Crippen LogP contribution in [0.3, 0.4) is 0 Å². The first kappa shape index (κ1) is 16.6. The third kappa shape index (κ3) is 5.67. The quantitative estimate of drug-likeness (QED) is 0.718. The van der Waals surface area contributed by atoms with Gasteiger partial charge < -0.3 is 15.7 Å². The highest BCUT2D eigenvalue weighted by atomic mass is 19.1. The molecule has 0 aromatic heterocycles. The Kier molecular flexibility index (Phi) is 6.61. The average molecular weight is 282 g/mol. The molecule has 20 heavy (non-hydrogen) atoms. The van der Waals surface area contributed by atoms with E-state index in [1.165, 1.54) is 12.1 Å². The number of amides is 1. The number of carbonyl (C=O) groups excluding carboxylic acids is 1. The van der Waals surface area contributed by atoms with Crippen LogP contribution < -0.4 is 10.6 Å². The van der Waals surface area contributed by atoms with E-state index in [1.807, 2.05) is 20.8 Å². The van der Waals surface area contributed by atoms with E-state index in [9.17, 15) is 9.18 Å². The van der Waals surface area contributed by atoms with Crippen molar-refractivity contribution in [3.8, 4) is 0 Å². The first-order valence-corrected chi connectivity index (χ1v) is 6.84. The maximum absolute atomic E-state index is 13.0. The van der Waals surface area contributed by atoms with E-state index in [2.05, 4.69) is 10.6 Å². The summed E-state index contributed by atoms with van der Waals surface area (Å²) in [5, 5.41) is 15.0. The number of benzene rings is 1. The Morgan fingerprint density at radius 3 is 2.65 bits per heavy atom. The fourth-order valence-corrected chi connectivity index (χ4v) is 1.89. The smallest absolute Gasteiger partial charge is 0.225 e. The van der Waals surface area contributed by atoms with Crippen molar-refractivity contribution >= 4 is 11.6 Å². The Morgan fingerprint density at radius 1 is 1.35 bits per heavy atom. The van der Waals surface area contributed by atoms with Gasteiger partial charge in [-0.3, -0.25) is 4.79 Å². The molecule has 3 N–H and O–H groups in total. The fraction of sp³-hybridized carbons (Fsp3) is 0.533. The van der Waals surface area contributed by atoms with Crippen LogP contribution in [-0.4, -0.2) is 29.7 Å². The second-order valence-corrected chi connectivity index (χ2v) is 5.28. The second kappa shape index (κ2) is 7.97. The minimum absolute atomic E-state index is 0.0208. The Bertz CT molecular complexity index is 440. The van der Waals surface area contributed by atoms with Crippen LogP contribution in [0.1, 0.15) is 27.2 Å². The van der Waals surface area contributed by atoms with Crippen molar-refractivity contribution in [1.82, 2.24) is 5.32 Å². The topological polar surface area (TPSA) is 61.4 Å². The largest absolute Gasteiger partial charge is 0.396 e. The normalized spacial score (nSPS) is 15.4. The van der Waals surface area contributed by atoms with Gasteiger partial charge in [0.15, 0.2) is 0 Å². The van der Waals surface area contributed by atoms with Gasteiger partial charge in [0.25, 0.3) is 0 Å². The molecular formula is C15H23FN2O2. The third-order valence-corrected chi connectivity index (χ3v) is 3.29. The van der Waals surface area contributed by atoms with Crippen LogP contribution >= 0.6 is 0 Å². The summed E-state index contributed by atoms with van der Waals surface area (Å²) in [6, 6.07) is 5.92. The third-order valence-electron chi connectivity index (χ3n) is 3.29. The van der Waals surface area contributed by atoms with E-state index in [0.717, 1.165) is 0 Å². The lowest BCUT2D eigenvalue weighted by atomic mass is 10.0. The molecule has 1 rings (SSSR count). The summed E-state index contributed by atoms with van der Waals surface area (Å²) in [5.41, 5.74) is 0.457. The summed E-state index contributed by atoms with van der Waals surface area (Å²) in [7, 11) is 0. The van der Waals surface area contributed by atoms with Gasteiger partial charge in [-0.25, -0.2) is 4.39 Å². The lowest BCUT2D eigenvalue weighted by Gasteiger charge is -2.23. The molecule has 0 aliphatic rings. The van der Waals surface area contributed by atoms with Gasteiger partial charge in [0.1, 0.15) is 5.82 Å². The molecule has 0 radical (unpaired) electrons. The molecule has 3 unspecified atom stereocenters. The maximum Gasteiger partial charge on any atom is 0.225 e. The summed E-state index contributed by atoms with van der Waals surface area (Å²) < 4.78 is 13.0. The molecule has 3 atom stereocenters. The zero-order chi connectivity index (χ0) is 15.1. The van der Waals surface area contributed by atoms with Crippen LogP contribution in [0.2, 0.25) is 0 Å². The molecule has 0 bridgehead atoms. The lowest BCUT2D eigenvalue weighted by molar-refractivity contribution is -0.116. The van der Waals surface area contributed by atoms with Crippen LogP contribution in [0.25, 0.3) is 0 Å². The molecule has 0 heterocycles. The molecular weight excluding hydrogens is 259 g/mol. The zero-order valence-electron chi connectivity index (χ0n) is 12.2. The van der Waals surface area contributed by atoms with Gasteiger partial charge in [-0.15, -0.1) is 0 Å². The van der Waals surface area contributed by atoms with E-state index in [-0.39, 0.29) is 36.3 Å². The van der Waals surface area contributed by atoms with Crippen molar-refractivity contribution in [1.29, 1.82) is 0 Å². The van der Waals surface area contributed by atoms with Crippen LogP contribution in [-0.2, 0) is 4.79 Å². The molecule has 0 aliphatic carbocycles. The van der Waals surface area contributed by atoms with E-state index in [0.29, 0.717) is 12.1 Å². The molecule has 1 amide bonds. The first-order valence-electron chi connectivity index (χ1n) is 6.84. The first-order chi connectivity index (χ1) is 9.42. The monoisotopic (exact) mass is 282 g/mol. The number of aliphatic hydroxyl groups is 1. The highest BCUT2D eigenvalue weighted by Crippen LogP contribution is 2.10. The number of hydrogen-bond donors (Lipinski definition) is 3. The number of anilines is 1. The van der Waals surface area contributed by atoms with Gasteiger partial charge in [0.2, 0.25) is 5.91 Å². The number of rotatable bonds is 7. The van der Waals surface area contributed by atoms with Crippen LogP contribution in [0.4, 0.5) is 10.1 Å². The minimum Gasteiger partial charge on any atom is -0.396 e. The average Bonchev–Trinajstić information content (AvgIpc) is 2.37. The highest BCUT2D eigenvalue weighted by Gasteiger charge is 2.16. The molecule has 112 valence electrons. The van der Waals surface area contributed by atoms with E-state index in [4.69, 9.17) is 5.11 Å². The molecule has 0 spiro atoms. The van der Waals surface area contributed by atoms with Crippen molar-refractivity contribution in [3.05, 3.63) is 30.1 Å².